The molecule has 0 radical (unpaired) electrons. The van der Waals surface area contributed by atoms with Crippen molar-refractivity contribution in [3.63, 3.8) is 0 Å². The predicted octanol–water partition coefficient (Wildman–Crippen LogP) is 3.89. The summed E-state index contributed by atoms with van der Waals surface area (Å²) in [6.45, 7) is 2.11. The van der Waals surface area contributed by atoms with Crippen LogP contribution in [0.15, 0.2) is 35.7 Å². The molecular formula is C18H19NO3S. The van der Waals surface area contributed by atoms with Crippen molar-refractivity contribution in [2.75, 3.05) is 19.8 Å². The Labute approximate surface area is 139 Å². The van der Waals surface area contributed by atoms with Crippen LogP contribution in [0.1, 0.15) is 40.5 Å². The normalized spacial score (nSPS) is 20.3. The molecule has 120 valence electrons. The number of benzene rings is 1. The van der Waals surface area contributed by atoms with E-state index in [0.29, 0.717) is 24.5 Å². The summed E-state index contributed by atoms with van der Waals surface area (Å²) in [4.78, 5) is 16.2. The van der Waals surface area contributed by atoms with Crippen LogP contribution in [0, 0.1) is 0 Å². The first kappa shape index (κ1) is 14.6. The van der Waals surface area contributed by atoms with E-state index in [-0.39, 0.29) is 11.9 Å². The van der Waals surface area contributed by atoms with Gasteiger partial charge >= 0.3 is 0 Å². The van der Waals surface area contributed by atoms with Crippen LogP contribution in [0.5, 0.6) is 11.5 Å². The monoisotopic (exact) mass is 329 g/mol. The van der Waals surface area contributed by atoms with E-state index in [4.69, 9.17) is 9.47 Å². The molecule has 2 aliphatic rings. The van der Waals surface area contributed by atoms with E-state index in [0.717, 1.165) is 31.6 Å². The molecule has 4 rings (SSSR count). The fraction of sp³-hybridized carbons (Fsp3) is 0.389. The average Bonchev–Trinajstić information content (AvgIpc) is 3.20. The Bertz CT molecular complexity index is 698. The molecule has 1 atom stereocenters. The first-order chi connectivity index (χ1) is 11.3. The number of hydrogen-bond acceptors (Lipinski definition) is 4. The molecule has 2 aromatic rings. The zero-order chi connectivity index (χ0) is 15.6. The quantitative estimate of drug-likeness (QED) is 0.839. The van der Waals surface area contributed by atoms with Crippen molar-refractivity contribution < 1.29 is 14.3 Å². The molecule has 5 heteroatoms. The summed E-state index contributed by atoms with van der Waals surface area (Å²) < 4.78 is 11.3. The van der Waals surface area contributed by atoms with E-state index in [1.807, 2.05) is 23.1 Å². The summed E-state index contributed by atoms with van der Waals surface area (Å²) >= 11 is 1.72. The molecule has 0 saturated carbocycles. The molecule has 0 N–H and O–H groups in total. The number of nitrogens with zero attached hydrogens (tertiary/aromatic N) is 1. The van der Waals surface area contributed by atoms with Crippen LogP contribution in [0.3, 0.4) is 0 Å². The third kappa shape index (κ3) is 2.81. The zero-order valence-electron chi connectivity index (χ0n) is 12.9. The van der Waals surface area contributed by atoms with Gasteiger partial charge < -0.3 is 14.4 Å². The maximum absolute atomic E-state index is 13.0. The lowest BCUT2D eigenvalue weighted by Crippen LogP contribution is -2.30. The van der Waals surface area contributed by atoms with Gasteiger partial charge in [0, 0.05) is 23.4 Å². The van der Waals surface area contributed by atoms with E-state index >= 15 is 0 Å². The van der Waals surface area contributed by atoms with Gasteiger partial charge in [0.15, 0.2) is 11.5 Å². The fourth-order valence-electron chi connectivity index (χ4n) is 3.25. The Balaban J connectivity index is 1.60. The molecule has 1 unspecified atom stereocenters. The maximum Gasteiger partial charge on any atom is 0.254 e. The Morgan fingerprint density at radius 1 is 1.13 bits per heavy atom. The van der Waals surface area contributed by atoms with Crippen molar-refractivity contribution in [1.29, 1.82) is 0 Å². The van der Waals surface area contributed by atoms with Gasteiger partial charge in [-0.05, 0) is 42.5 Å². The van der Waals surface area contributed by atoms with Crippen molar-refractivity contribution in [1.82, 2.24) is 4.90 Å². The molecule has 4 nitrogen and oxygen atoms in total. The summed E-state index contributed by atoms with van der Waals surface area (Å²) in [5.74, 6) is 1.49. The number of carbonyl (C=O) groups is 1. The van der Waals surface area contributed by atoms with Crippen LogP contribution in [0.4, 0.5) is 0 Å². The lowest BCUT2D eigenvalue weighted by molar-refractivity contribution is 0.0737. The number of rotatable bonds is 2. The minimum Gasteiger partial charge on any atom is -0.490 e. The highest BCUT2D eigenvalue weighted by Gasteiger charge is 2.31. The molecular weight excluding hydrogens is 310 g/mol. The van der Waals surface area contributed by atoms with Gasteiger partial charge in [0.25, 0.3) is 5.91 Å². The van der Waals surface area contributed by atoms with E-state index in [1.165, 1.54) is 4.88 Å². The smallest absolute Gasteiger partial charge is 0.254 e. The molecule has 1 aromatic heterocycles. The number of amides is 1. The van der Waals surface area contributed by atoms with Crippen LogP contribution in [0.25, 0.3) is 0 Å². The Morgan fingerprint density at radius 2 is 2.00 bits per heavy atom. The molecule has 1 aromatic carbocycles. The summed E-state index contributed by atoms with van der Waals surface area (Å²) in [5.41, 5.74) is 0.678. The highest BCUT2D eigenvalue weighted by Crippen LogP contribution is 2.37. The maximum atomic E-state index is 13.0. The second-order valence-corrected chi connectivity index (χ2v) is 6.86. The van der Waals surface area contributed by atoms with Crippen LogP contribution in [-0.4, -0.2) is 30.6 Å². The third-order valence-corrected chi connectivity index (χ3v) is 5.35. The van der Waals surface area contributed by atoms with Crippen LogP contribution >= 0.6 is 11.3 Å². The Morgan fingerprint density at radius 3 is 2.83 bits per heavy atom. The van der Waals surface area contributed by atoms with Gasteiger partial charge in [-0.25, -0.2) is 0 Å². The average molecular weight is 329 g/mol. The number of likely N-dealkylation sites (tertiary alicyclic amines) is 1. The lowest BCUT2D eigenvalue weighted by Gasteiger charge is -2.24. The Kier molecular flexibility index (Phi) is 3.95. The first-order valence-corrected chi connectivity index (χ1v) is 8.95. The SMILES string of the molecule is O=C(c1ccc2c(c1)OCCCO2)N1CCCC1c1cccs1. The van der Waals surface area contributed by atoms with E-state index < -0.39 is 0 Å². The Hall–Kier alpha value is -2.01. The van der Waals surface area contributed by atoms with Crippen LogP contribution < -0.4 is 9.47 Å². The topological polar surface area (TPSA) is 38.8 Å². The van der Waals surface area contributed by atoms with Crippen molar-refractivity contribution in [3.8, 4) is 11.5 Å². The number of hydrogen-bond donors (Lipinski definition) is 0. The summed E-state index contributed by atoms with van der Waals surface area (Å²) in [7, 11) is 0. The van der Waals surface area contributed by atoms with Crippen molar-refractivity contribution in [2.45, 2.75) is 25.3 Å². The number of fused-ring (bicyclic) bond motifs is 1. The zero-order valence-corrected chi connectivity index (χ0v) is 13.7. The van der Waals surface area contributed by atoms with Gasteiger partial charge in [-0.1, -0.05) is 6.07 Å². The van der Waals surface area contributed by atoms with Gasteiger partial charge in [-0.15, -0.1) is 11.3 Å². The highest BCUT2D eigenvalue weighted by molar-refractivity contribution is 7.10. The highest BCUT2D eigenvalue weighted by atomic mass is 32.1. The van der Waals surface area contributed by atoms with Crippen molar-refractivity contribution in [2.24, 2.45) is 0 Å². The molecule has 3 heterocycles. The summed E-state index contributed by atoms with van der Waals surface area (Å²) in [6.07, 6.45) is 2.96. The van der Waals surface area contributed by atoms with Crippen molar-refractivity contribution in [3.05, 3.63) is 46.2 Å². The minimum atomic E-state index is 0.0801. The minimum absolute atomic E-state index is 0.0801. The first-order valence-electron chi connectivity index (χ1n) is 8.07. The summed E-state index contributed by atoms with van der Waals surface area (Å²) in [5, 5.41) is 2.07. The molecule has 23 heavy (non-hydrogen) atoms. The van der Waals surface area contributed by atoms with E-state index in [2.05, 4.69) is 17.5 Å². The second-order valence-electron chi connectivity index (χ2n) is 5.88. The van der Waals surface area contributed by atoms with E-state index in [9.17, 15) is 4.79 Å². The van der Waals surface area contributed by atoms with Gasteiger partial charge in [-0.2, -0.15) is 0 Å². The van der Waals surface area contributed by atoms with Crippen molar-refractivity contribution >= 4 is 17.2 Å². The lowest BCUT2D eigenvalue weighted by atomic mass is 10.1. The molecule has 1 saturated heterocycles. The molecule has 2 aliphatic heterocycles. The van der Waals surface area contributed by atoms with Gasteiger partial charge in [0.05, 0.1) is 19.3 Å². The van der Waals surface area contributed by atoms with Crippen LogP contribution in [0.2, 0.25) is 0 Å². The van der Waals surface area contributed by atoms with Gasteiger partial charge in [0.2, 0.25) is 0 Å². The fourth-order valence-corrected chi connectivity index (χ4v) is 4.12. The van der Waals surface area contributed by atoms with Gasteiger partial charge in [0.1, 0.15) is 0 Å². The number of ether oxygens (including phenoxy) is 2. The van der Waals surface area contributed by atoms with E-state index in [1.54, 1.807) is 11.3 Å². The van der Waals surface area contributed by atoms with Crippen LogP contribution in [-0.2, 0) is 0 Å². The van der Waals surface area contributed by atoms with Gasteiger partial charge in [-0.3, -0.25) is 4.79 Å². The molecule has 1 fully saturated rings. The molecule has 0 spiro atoms. The second kappa shape index (κ2) is 6.24. The molecule has 1 amide bonds. The third-order valence-electron chi connectivity index (χ3n) is 4.38. The molecule has 0 aliphatic carbocycles. The largest absolute Gasteiger partial charge is 0.490 e. The molecule has 0 bridgehead atoms. The summed E-state index contributed by atoms with van der Waals surface area (Å²) in [6, 6.07) is 9.90. The standard InChI is InChI=1S/C18H19NO3S/c20-18(19-8-1-4-14(19)17-5-2-11-23-17)13-6-7-15-16(12-13)22-10-3-9-21-15/h2,5-7,11-12,14H,1,3-4,8-10H2. The number of carbonyl (C=O) groups excluding carboxylic acids is 1. The predicted molar refractivity (Wildman–Crippen MR) is 89.4 cm³/mol. The number of thiophene rings is 1.